The van der Waals surface area contributed by atoms with Crippen LogP contribution in [0.2, 0.25) is 0 Å². The zero-order valence-electron chi connectivity index (χ0n) is 12.8. The van der Waals surface area contributed by atoms with Gasteiger partial charge in [-0.2, -0.15) is 0 Å². The van der Waals surface area contributed by atoms with Crippen molar-refractivity contribution >= 4 is 16.5 Å². The zero-order valence-corrected chi connectivity index (χ0v) is 12.8. The van der Waals surface area contributed by atoms with Crippen LogP contribution in [0.25, 0.3) is 22.0 Å². The van der Waals surface area contributed by atoms with Crippen LogP contribution in [-0.2, 0) is 4.74 Å². The minimum atomic E-state index is -0.0449. The number of hydrogen-bond donors (Lipinski definition) is 1. The topological polar surface area (TPSA) is 45.3 Å². The van der Waals surface area contributed by atoms with Crippen molar-refractivity contribution in [3.05, 3.63) is 65.0 Å². The highest BCUT2D eigenvalue weighted by atomic mass is 16.5. The average molecular weight is 306 g/mol. The molecule has 4 nitrogen and oxygen atoms in total. The summed E-state index contributed by atoms with van der Waals surface area (Å²) in [5, 5.41) is 1.69. The van der Waals surface area contributed by atoms with Gasteiger partial charge in [0.15, 0.2) is 0 Å². The summed E-state index contributed by atoms with van der Waals surface area (Å²) in [4.78, 5) is 17.8. The number of fused-ring (bicyclic) bond motifs is 1. The van der Waals surface area contributed by atoms with Crippen LogP contribution >= 0.6 is 0 Å². The highest BCUT2D eigenvalue weighted by Crippen LogP contribution is 2.24. The molecule has 0 bridgehead atoms. The molecule has 0 amide bonds. The van der Waals surface area contributed by atoms with E-state index >= 15 is 0 Å². The number of nitrogens with one attached hydrogen (secondary N) is 1. The molecule has 1 aliphatic rings. The number of aromatic nitrogens is 1. The predicted octanol–water partition coefficient (Wildman–Crippen LogP) is 3.03. The van der Waals surface area contributed by atoms with E-state index in [9.17, 15) is 4.79 Å². The molecule has 1 fully saturated rings. The van der Waals surface area contributed by atoms with Gasteiger partial charge in [-0.15, -0.1) is 0 Å². The van der Waals surface area contributed by atoms with Crippen LogP contribution in [0.4, 0.5) is 5.69 Å². The standard InChI is InChI=1S/C19H18N2O2/c22-19-17-13-16(21-8-10-23-11-9-21)7-6-15(17)12-18(20-19)14-4-2-1-3-5-14/h1-7,12-13H,8-11H2,(H,20,22). The highest BCUT2D eigenvalue weighted by molar-refractivity contribution is 5.88. The molecule has 0 saturated carbocycles. The SMILES string of the molecule is O=c1[nH]c(-c2ccccc2)cc2ccc(N3CCOCC3)cc12. The molecule has 0 radical (unpaired) electrons. The summed E-state index contributed by atoms with van der Waals surface area (Å²) >= 11 is 0. The van der Waals surface area contributed by atoms with Crippen molar-refractivity contribution in [1.29, 1.82) is 0 Å². The second kappa shape index (κ2) is 5.89. The van der Waals surface area contributed by atoms with Crippen LogP contribution < -0.4 is 10.5 Å². The van der Waals surface area contributed by atoms with Gasteiger partial charge in [0.2, 0.25) is 0 Å². The van der Waals surface area contributed by atoms with Crippen LogP contribution in [0.3, 0.4) is 0 Å². The van der Waals surface area contributed by atoms with E-state index < -0.39 is 0 Å². The summed E-state index contributed by atoms with van der Waals surface area (Å²) < 4.78 is 5.39. The van der Waals surface area contributed by atoms with Crippen LogP contribution in [0, 0.1) is 0 Å². The molecule has 0 unspecified atom stereocenters. The van der Waals surface area contributed by atoms with Crippen molar-refractivity contribution in [2.24, 2.45) is 0 Å². The monoisotopic (exact) mass is 306 g/mol. The Morgan fingerprint density at radius 2 is 1.74 bits per heavy atom. The Bertz CT molecular complexity index is 881. The molecule has 0 atom stereocenters. The van der Waals surface area contributed by atoms with E-state index in [1.54, 1.807) is 0 Å². The molecule has 4 heteroatoms. The Balaban J connectivity index is 1.78. The first-order valence-electron chi connectivity index (χ1n) is 7.86. The number of nitrogens with zero attached hydrogens (tertiary/aromatic N) is 1. The number of morpholine rings is 1. The molecule has 4 rings (SSSR count). The van der Waals surface area contributed by atoms with E-state index in [1.165, 1.54) is 0 Å². The molecule has 1 saturated heterocycles. The summed E-state index contributed by atoms with van der Waals surface area (Å²) in [7, 11) is 0. The maximum absolute atomic E-state index is 12.5. The number of rotatable bonds is 2. The Morgan fingerprint density at radius 1 is 0.957 bits per heavy atom. The van der Waals surface area contributed by atoms with Gasteiger partial charge in [-0.25, -0.2) is 0 Å². The normalized spacial score (nSPS) is 15.0. The van der Waals surface area contributed by atoms with Gasteiger partial charge in [-0.3, -0.25) is 4.79 Å². The first-order valence-corrected chi connectivity index (χ1v) is 7.86. The first-order chi connectivity index (χ1) is 11.3. The fourth-order valence-electron chi connectivity index (χ4n) is 3.04. The Hall–Kier alpha value is -2.59. The molecule has 116 valence electrons. The molecule has 0 aliphatic carbocycles. The summed E-state index contributed by atoms with van der Waals surface area (Å²) in [6.07, 6.45) is 0. The van der Waals surface area contributed by atoms with Gasteiger partial charge in [-0.1, -0.05) is 36.4 Å². The molecular formula is C19H18N2O2. The number of H-pyrrole nitrogens is 1. The fraction of sp³-hybridized carbons (Fsp3) is 0.211. The number of pyridine rings is 1. The van der Waals surface area contributed by atoms with Crippen molar-refractivity contribution in [2.75, 3.05) is 31.2 Å². The number of ether oxygens (including phenoxy) is 1. The van der Waals surface area contributed by atoms with Gasteiger partial charge in [0, 0.05) is 29.9 Å². The molecule has 1 aliphatic heterocycles. The van der Waals surface area contributed by atoms with Gasteiger partial charge in [0.05, 0.1) is 13.2 Å². The second-order valence-electron chi connectivity index (χ2n) is 5.75. The van der Waals surface area contributed by atoms with Crippen LogP contribution in [-0.4, -0.2) is 31.3 Å². The highest BCUT2D eigenvalue weighted by Gasteiger charge is 2.12. The van der Waals surface area contributed by atoms with E-state index in [0.717, 1.165) is 54.0 Å². The lowest BCUT2D eigenvalue weighted by Crippen LogP contribution is -2.36. The summed E-state index contributed by atoms with van der Waals surface area (Å²) in [6, 6.07) is 18.0. The van der Waals surface area contributed by atoms with E-state index in [0.29, 0.717) is 0 Å². The van der Waals surface area contributed by atoms with Crippen molar-refractivity contribution in [1.82, 2.24) is 4.98 Å². The lowest BCUT2D eigenvalue weighted by Gasteiger charge is -2.29. The quantitative estimate of drug-likeness (QED) is 0.791. The van der Waals surface area contributed by atoms with Crippen LogP contribution in [0.15, 0.2) is 59.4 Å². The van der Waals surface area contributed by atoms with Gasteiger partial charge < -0.3 is 14.6 Å². The number of anilines is 1. The van der Waals surface area contributed by atoms with Gasteiger partial charge in [0.1, 0.15) is 0 Å². The molecule has 23 heavy (non-hydrogen) atoms. The number of hydrogen-bond acceptors (Lipinski definition) is 3. The molecule has 1 aromatic heterocycles. The minimum Gasteiger partial charge on any atom is -0.378 e. The van der Waals surface area contributed by atoms with Gasteiger partial charge in [-0.05, 0) is 29.1 Å². The van der Waals surface area contributed by atoms with E-state index in [-0.39, 0.29) is 5.56 Å². The minimum absolute atomic E-state index is 0.0449. The smallest absolute Gasteiger partial charge is 0.256 e. The van der Waals surface area contributed by atoms with Crippen molar-refractivity contribution in [2.45, 2.75) is 0 Å². The summed E-state index contributed by atoms with van der Waals surface area (Å²) in [6.45, 7) is 3.21. The molecule has 1 N–H and O–H groups in total. The molecular weight excluding hydrogens is 288 g/mol. The molecule has 0 spiro atoms. The molecule has 2 heterocycles. The number of aromatic amines is 1. The third kappa shape index (κ3) is 2.73. The maximum atomic E-state index is 12.5. The van der Waals surface area contributed by atoms with Crippen molar-refractivity contribution in [3.63, 3.8) is 0 Å². The largest absolute Gasteiger partial charge is 0.378 e. The van der Waals surface area contributed by atoms with E-state index in [2.05, 4.69) is 16.0 Å². The number of benzene rings is 2. The Kier molecular flexibility index (Phi) is 3.60. The second-order valence-corrected chi connectivity index (χ2v) is 5.75. The van der Waals surface area contributed by atoms with Crippen LogP contribution in [0.1, 0.15) is 0 Å². The first kappa shape index (κ1) is 14.0. The van der Waals surface area contributed by atoms with Gasteiger partial charge >= 0.3 is 0 Å². The van der Waals surface area contributed by atoms with E-state index in [4.69, 9.17) is 4.74 Å². The Labute approximate surface area is 134 Å². The van der Waals surface area contributed by atoms with Crippen molar-refractivity contribution in [3.8, 4) is 11.3 Å². The predicted molar refractivity (Wildman–Crippen MR) is 93.0 cm³/mol. The average Bonchev–Trinajstić information content (AvgIpc) is 2.63. The van der Waals surface area contributed by atoms with E-state index in [1.807, 2.05) is 48.5 Å². The maximum Gasteiger partial charge on any atom is 0.256 e. The fourth-order valence-corrected chi connectivity index (χ4v) is 3.04. The zero-order chi connectivity index (χ0) is 15.6. The summed E-state index contributed by atoms with van der Waals surface area (Å²) in [5.41, 5.74) is 2.90. The lowest BCUT2D eigenvalue weighted by molar-refractivity contribution is 0.122. The molecule has 3 aromatic rings. The third-order valence-electron chi connectivity index (χ3n) is 4.29. The third-order valence-corrected chi connectivity index (χ3v) is 4.29. The Morgan fingerprint density at radius 3 is 2.52 bits per heavy atom. The van der Waals surface area contributed by atoms with Crippen molar-refractivity contribution < 1.29 is 4.74 Å². The van der Waals surface area contributed by atoms with Gasteiger partial charge in [0.25, 0.3) is 5.56 Å². The lowest BCUT2D eigenvalue weighted by atomic mass is 10.1. The van der Waals surface area contributed by atoms with Crippen LogP contribution in [0.5, 0.6) is 0 Å². The molecule has 2 aromatic carbocycles. The summed E-state index contributed by atoms with van der Waals surface area (Å²) in [5.74, 6) is 0.